The van der Waals surface area contributed by atoms with Crippen molar-refractivity contribution in [3.05, 3.63) is 107 Å². The molecule has 2 aromatic heterocycles. The first-order valence-corrected chi connectivity index (χ1v) is 9.42. The van der Waals surface area contributed by atoms with Crippen molar-refractivity contribution in [1.29, 1.82) is 0 Å². The van der Waals surface area contributed by atoms with Gasteiger partial charge in [-0.25, -0.2) is 9.97 Å². The SMILES string of the molecule is O=[N+]([O-])c1c(Nc2cc[nH]c2)ncnc1N(Cc1ccccc1)Cc1ccccc1. The fourth-order valence-corrected chi connectivity index (χ4v) is 3.21. The van der Waals surface area contributed by atoms with Crippen molar-refractivity contribution in [3.8, 4) is 0 Å². The number of H-pyrrole nitrogens is 1. The Hall–Kier alpha value is -4.20. The van der Waals surface area contributed by atoms with E-state index in [0.29, 0.717) is 18.8 Å². The maximum absolute atomic E-state index is 12.0. The van der Waals surface area contributed by atoms with Crippen LogP contribution in [0.25, 0.3) is 0 Å². The fraction of sp³-hybridized carbons (Fsp3) is 0.0909. The van der Waals surface area contributed by atoms with Crippen LogP contribution in [0.5, 0.6) is 0 Å². The molecule has 8 heteroatoms. The van der Waals surface area contributed by atoms with Crippen molar-refractivity contribution in [2.75, 3.05) is 10.2 Å². The van der Waals surface area contributed by atoms with E-state index in [0.717, 1.165) is 11.1 Å². The van der Waals surface area contributed by atoms with Crippen LogP contribution in [0.1, 0.15) is 11.1 Å². The molecule has 0 fully saturated rings. The van der Waals surface area contributed by atoms with Crippen LogP contribution in [0, 0.1) is 10.1 Å². The molecule has 0 radical (unpaired) electrons. The third-order valence-electron chi connectivity index (χ3n) is 4.58. The molecule has 0 aliphatic rings. The Bertz CT molecular complexity index is 1060. The Kier molecular flexibility index (Phi) is 5.66. The summed E-state index contributed by atoms with van der Waals surface area (Å²) in [6, 6.07) is 21.4. The Morgan fingerprint density at radius 1 is 0.933 bits per heavy atom. The first-order chi connectivity index (χ1) is 14.7. The van der Waals surface area contributed by atoms with Crippen molar-refractivity contribution in [2.24, 2.45) is 0 Å². The number of aromatic amines is 1. The Balaban J connectivity index is 1.75. The van der Waals surface area contributed by atoms with Crippen LogP contribution >= 0.6 is 0 Å². The average molecular weight is 400 g/mol. The molecule has 30 heavy (non-hydrogen) atoms. The summed E-state index contributed by atoms with van der Waals surface area (Å²) >= 11 is 0. The molecule has 2 N–H and O–H groups in total. The highest BCUT2D eigenvalue weighted by Gasteiger charge is 2.27. The molecule has 2 heterocycles. The molecule has 2 aromatic carbocycles. The smallest absolute Gasteiger partial charge is 0.353 e. The van der Waals surface area contributed by atoms with E-state index in [9.17, 15) is 10.1 Å². The molecule has 0 amide bonds. The molecular weight excluding hydrogens is 380 g/mol. The van der Waals surface area contributed by atoms with E-state index >= 15 is 0 Å². The second kappa shape index (κ2) is 8.87. The summed E-state index contributed by atoms with van der Waals surface area (Å²) in [5.74, 6) is 0.413. The van der Waals surface area contributed by atoms with Gasteiger partial charge >= 0.3 is 5.69 Å². The molecule has 0 saturated carbocycles. The van der Waals surface area contributed by atoms with E-state index < -0.39 is 4.92 Å². The highest BCUT2D eigenvalue weighted by atomic mass is 16.6. The topological polar surface area (TPSA) is 100.0 Å². The molecule has 0 aliphatic carbocycles. The van der Waals surface area contributed by atoms with E-state index in [1.807, 2.05) is 65.6 Å². The number of nitro groups is 1. The lowest BCUT2D eigenvalue weighted by Crippen LogP contribution is -2.24. The Morgan fingerprint density at radius 3 is 2.10 bits per heavy atom. The number of aromatic nitrogens is 3. The van der Waals surface area contributed by atoms with Gasteiger partial charge in [0.25, 0.3) is 0 Å². The van der Waals surface area contributed by atoms with Gasteiger partial charge in [-0.05, 0) is 17.2 Å². The first kappa shape index (κ1) is 19.1. The predicted molar refractivity (Wildman–Crippen MR) is 116 cm³/mol. The van der Waals surface area contributed by atoms with Crippen molar-refractivity contribution in [3.63, 3.8) is 0 Å². The predicted octanol–water partition coefficient (Wildman–Crippen LogP) is 4.66. The van der Waals surface area contributed by atoms with Gasteiger partial charge in [-0.3, -0.25) is 10.1 Å². The Labute approximate surface area is 173 Å². The molecule has 0 saturated heterocycles. The number of nitrogens with zero attached hydrogens (tertiary/aromatic N) is 4. The van der Waals surface area contributed by atoms with Crippen LogP contribution in [0.3, 0.4) is 0 Å². The molecule has 150 valence electrons. The second-order valence-corrected chi connectivity index (χ2v) is 6.70. The summed E-state index contributed by atoms with van der Waals surface area (Å²) in [5.41, 5.74) is 2.58. The Morgan fingerprint density at radius 2 is 1.57 bits per heavy atom. The molecule has 0 bridgehead atoms. The lowest BCUT2D eigenvalue weighted by atomic mass is 10.1. The quantitative estimate of drug-likeness (QED) is 0.329. The van der Waals surface area contributed by atoms with Crippen LogP contribution < -0.4 is 10.2 Å². The van der Waals surface area contributed by atoms with Crippen molar-refractivity contribution in [1.82, 2.24) is 15.0 Å². The molecule has 0 unspecified atom stereocenters. The zero-order valence-corrected chi connectivity index (χ0v) is 16.1. The average Bonchev–Trinajstić information content (AvgIpc) is 3.27. The third kappa shape index (κ3) is 4.44. The van der Waals surface area contributed by atoms with Crippen LogP contribution in [0.2, 0.25) is 0 Å². The lowest BCUT2D eigenvalue weighted by Gasteiger charge is -2.24. The van der Waals surface area contributed by atoms with Crippen molar-refractivity contribution in [2.45, 2.75) is 13.1 Å². The minimum Gasteiger partial charge on any atom is -0.366 e. The van der Waals surface area contributed by atoms with Crippen LogP contribution in [0.15, 0.2) is 85.5 Å². The number of hydrogen-bond donors (Lipinski definition) is 2. The van der Waals surface area contributed by atoms with Crippen molar-refractivity contribution >= 4 is 23.0 Å². The van der Waals surface area contributed by atoms with Gasteiger partial charge in [0, 0.05) is 25.5 Å². The first-order valence-electron chi connectivity index (χ1n) is 9.42. The number of benzene rings is 2. The van der Waals surface area contributed by atoms with E-state index in [1.54, 1.807) is 18.5 Å². The minimum atomic E-state index is -0.437. The summed E-state index contributed by atoms with van der Waals surface area (Å²) < 4.78 is 0. The number of anilines is 3. The van der Waals surface area contributed by atoms with Crippen LogP contribution in [0.4, 0.5) is 23.0 Å². The maximum atomic E-state index is 12.0. The normalized spacial score (nSPS) is 10.5. The molecular formula is C22H20N6O2. The summed E-state index contributed by atoms with van der Waals surface area (Å²) in [4.78, 5) is 24.8. The number of hydrogen-bond acceptors (Lipinski definition) is 6. The van der Waals surface area contributed by atoms with Gasteiger partial charge in [0.1, 0.15) is 6.33 Å². The van der Waals surface area contributed by atoms with Gasteiger partial charge in [0.15, 0.2) is 0 Å². The molecule has 0 atom stereocenters. The standard InChI is InChI=1S/C22H20N6O2/c29-28(30)20-21(26-19-11-12-23-13-19)24-16-25-22(20)27(14-17-7-3-1-4-8-17)15-18-9-5-2-6-10-18/h1-13,16,23H,14-15H2,(H,24,25,26). The molecule has 0 spiro atoms. The molecule has 4 aromatic rings. The second-order valence-electron chi connectivity index (χ2n) is 6.70. The maximum Gasteiger partial charge on any atom is 0.353 e. The van der Waals surface area contributed by atoms with Gasteiger partial charge < -0.3 is 15.2 Å². The third-order valence-corrected chi connectivity index (χ3v) is 4.58. The zero-order valence-electron chi connectivity index (χ0n) is 16.1. The van der Waals surface area contributed by atoms with Crippen molar-refractivity contribution < 1.29 is 4.92 Å². The van der Waals surface area contributed by atoms with Crippen LogP contribution in [-0.2, 0) is 13.1 Å². The van der Waals surface area contributed by atoms with Gasteiger partial charge in [0.05, 0.1) is 10.6 Å². The zero-order chi connectivity index (χ0) is 20.8. The van der Waals surface area contributed by atoms with Gasteiger partial charge in [-0.1, -0.05) is 60.7 Å². The minimum absolute atomic E-state index is 0.149. The van der Waals surface area contributed by atoms with Crippen LogP contribution in [-0.4, -0.2) is 19.9 Å². The summed E-state index contributed by atoms with van der Waals surface area (Å²) in [5, 5.41) is 15.0. The summed E-state index contributed by atoms with van der Waals surface area (Å²) in [7, 11) is 0. The van der Waals surface area contributed by atoms with E-state index in [1.165, 1.54) is 6.33 Å². The van der Waals surface area contributed by atoms with Gasteiger partial charge in [-0.15, -0.1) is 0 Å². The van der Waals surface area contributed by atoms with E-state index in [4.69, 9.17) is 0 Å². The molecule has 0 aliphatic heterocycles. The highest BCUT2D eigenvalue weighted by Crippen LogP contribution is 2.35. The number of rotatable bonds is 8. The highest BCUT2D eigenvalue weighted by molar-refractivity contribution is 5.74. The monoisotopic (exact) mass is 400 g/mol. The van der Waals surface area contributed by atoms with Gasteiger partial charge in [0.2, 0.25) is 11.6 Å². The largest absolute Gasteiger partial charge is 0.366 e. The van der Waals surface area contributed by atoms with Gasteiger partial charge in [-0.2, -0.15) is 0 Å². The summed E-state index contributed by atoms with van der Waals surface area (Å²) in [6.07, 6.45) is 4.78. The fourth-order valence-electron chi connectivity index (χ4n) is 3.21. The lowest BCUT2D eigenvalue weighted by molar-refractivity contribution is -0.383. The number of nitrogens with one attached hydrogen (secondary N) is 2. The summed E-state index contributed by atoms with van der Waals surface area (Å²) in [6.45, 7) is 0.939. The van der Waals surface area contributed by atoms with E-state index in [-0.39, 0.29) is 17.3 Å². The van der Waals surface area contributed by atoms with E-state index in [2.05, 4.69) is 20.3 Å². The molecule has 8 nitrogen and oxygen atoms in total. The molecule has 4 rings (SSSR count).